The van der Waals surface area contributed by atoms with Crippen molar-refractivity contribution in [2.75, 3.05) is 0 Å². The van der Waals surface area contributed by atoms with Crippen LogP contribution in [0.5, 0.6) is 0 Å². The van der Waals surface area contributed by atoms with E-state index in [1.165, 1.54) is 0 Å². The summed E-state index contributed by atoms with van der Waals surface area (Å²) in [7, 11) is 0. The molecule has 0 fully saturated rings. The zero-order valence-corrected chi connectivity index (χ0v) is 4.80. The molecular weight excluding hydrogens is 149 g/mol. The fraction of sp³-hybridized carbons (Fsp3) is 0.500. The molecule has 0 aromatic rings. The fourth-order valence-corrected chi connectivity index (χ4v) is 0. The third kappa shape index (κ3) is 14.2. The van der Waals surface area contributed by atoms with Crippen LogP contribution < -0.4 is 0 Å². The third-order valence-electron chi connectivity index (χ3n) is 0.177. The van der Waals surface area contributed by atoms with E-state index in [1.807, 2.05) is 6.92 Å². The van der Waals surface area contributed by atoms with Gasteiger partial charge in [-0.15, -0.1) is 0 Å². The molecule has 0 bridgehead atoms. The first kappa shape index (κ1) is 8.95. The van der Waals surface area contributed by atoms with Crippen LogP contribution in [-0.2, 0) is 19.5 Å². The molecule has 0 amide bonds. The third-order valence-corrected chi connectivity index (χ3v) is 0.177. The molecular formula is C4H5Ru. The predicted molar refractivity (Wildman–Crippen MR) is 17.4 cm³/mol. The maximum Gasteiger partial charge on any atom is 1.00 e. The average Bonchev–Trinajstić information content (AvgIpc) is 1.37. The molecule has 1 radical (unpaired) electrons. The summed E-state index contributed by atoms with van der Waals surface area (Å²) in [6.07, 6.45) is 6.94. The van der Waals surface area contributed by atoms with Crippen LogP contribution in [0.2, 0.25) is 0 Å². The average molecular weight is 154 g/mol. The Morgan fingerprint density at radius 2 is 2.00 bits per heavy atom. The Hall–Kier alpha value is 0.183. The zero-order valence-electron chi connectivity index (χ0n) is 3.06. The molecule has 0 saturated heterocycles. The van der Waals surface area contributed by atoms with Crippen molar-refractivity contribution in [3.05, 3.63) is 6.42 Å². The molecule has 0 atom stereocenters. The molecule has 1 heteroatoms. The van der Waals surface area contributed by atoms with Crippen molar-refractivity contribution >= 4 is 0 Å². The molecule has 0 rings (SSSR count). The SMILES string of the molecule is [C-]#CCC.[Ru+]. The van der Waals surface area contributed by atoms with Gasteiger partial charge in [-0.2, -0.15) is 0 Å². The van der Waals surface area contributed by atoms with Crippen molar-refractivity contribution < 1.29 is 19.5 Å². The summed E-state index contributed by atoms with van der Waals surface area (Å²) in [4.78, 5) is 0. The van der Waals surface area contributed by atoms with Crippen molar-refractivity contribution in [1.29, 1.82) is 0 Å². The maximum absolute atomic E-state index is 6.20. The Balaban J connectivity index is 0. The van der Waals surface area contributed by atoms with Gasteiger partial charge in [0.2, 0.25) is 0 Å². The number of hydrogen-bond acceptors (Lipinski definition) is 0. The molecule has 0 aromatic heterocycles. The molecule has 0 aliphatic carbocycles. The van der Waals surface area contributed by atoms with E-state index in [0.29, 0.717) is 0 Å². The molecule has 0 saturated carbocycles. The van der Waals surface area contributed by atoms with Crippen LogP contribution in [0.1, 0.15) is 13.3 Å². The van der Waals surface area contributed by atoms with E-state index in [4.69, 9.17) is 6.42 Å². The maximum atomic E-state index is 6.20. The smallest absolute Gasteiger partial charge is 0.694 e. The predicted octanol–water partition coefficient (Wildman–Crippen LogP) is 0.984. The first-order valence-electron chi connectivity index (χ1n) is 1.31. The quantitative estimate of drug-likeness (QED) is 0.277. The minimum absolute atomic E-state index is 0. The molecule has 0 unspecified atom stereocenters. The van der Waals surface area contributed by atoms with Crippen LogP contribution in [0, 0.1) is 12.3 Å². The van der Waals surface area contributed by atoms with Crippen molar-refractivity contribution in [1.82, 2.24) is 0 Å². The van der Waals surface area contributed by atoms with Crippen LogP contribution in [-0.4, -0.2) is 0 Å². The summed E-state index contributed by atoms with van der Waals surface area (Å²) in [5.41, 5.74) is 0. The number of rotatable bonds is 0. The van der Waals surface area contributed by atoms with Gasteiger partial charge < -0.3 is 12.3 Å². The van der Waals surface area contributed by atoms with E-state index in [9.17, 15) is 0 Å². The minimum atomic E-state index is 0. The Kier molecular flexibility index (Phi) is 15.9. The van der Waals surface area contributed by atoms with E-state index in [2.05, 4.69) is 5.92 Å². The number of hydrogen-bond donors (Lipinski definition) is 0. The molecule has 0 aromatic carbocycles. The van der Waals surface area contributed by atoms with Crippen LogP contribution in [0.3, 0.4) is 0 Å². The minimum Gasteiger partial charge on any atom is -0.694 e. The second kappa shape index (κ2) is 8.89. The summed E-state index contributed by atoms with van der Waals surface area (Å²) < 4.78 is 0. The van der Waals surface area contributed by atoms with Crippen LogP contribution in [0.15, 0.2) is 0 Å². The molecule has 5 heavy (non-hydrogen) atoms. The molecule has 29 valence electrons. The summed E-state index contributed by atoms with van der Waals surface area (Å²) in [5.74, 6) is 2.18. The second-order valence-electron chi connectivity index (χ2n) is 0.530. The summed E-state index contributed by atoms with van der Waals surface area (Å²) in [6, 6.07) is 0. The normalized spacial score (nSPS) is 4.00. The van der Waals surface area contributed by atoms with Crippen molar-refractivity contribution in [2.24, 2.45) is 0 Å². The molecule has 0 aliphatic heterocycles. The zero-order chi connectivity index (χ0) is 3.41. The fourth-order valence-electron chi connectivity index (χ4n) is 0. The molecule has 0 aliphatic rings. The summed E-state index contributed by atoms with van der Waals surface area (Å²) in [6.45, 7) is 1.88. The van der Waals surface area contributed by atoms with Crippen molar-refractivity contribution in [3.8, 4) is 5.92 Å². The van der Waals surface area contributed by atoms with Gasteiger partial charge in [0.05, 0.1) is 0 Å². The first-order valence-corrected chi connectivity index (χ1v) is 1.31. The van der Waals surface area contributed by atoms with Gasteiger partial charge in [0.1, 0.15) is 0 Å². The van der Waals surface area contributed by atoms with Crippen molar-refractivity contribution in [2.45, 2.75) is 13.3 Å². The standard InChI is InChI=1S/C4H5.Ru/c1-3-4-2;/h3H2,1H3;/q-1;+1. The Bertz CT molecular complexity index is 33.4. The molecule has 0 heterocycles. The van der Waals surface area contributed by atoms with Gasteiger partial charge in [-0.05, 0) is 6.42 Å². The van der Waals surface area contributed by atoms with Gasteiger partial charge in [-0.3, -0.25) is 0 Å². The van der Waals surface area contributed by atoms with Gasteiger partial charge in [0.25, 0.3) is 0 Å². The van der Waals surface area contributed by atoms with Gasteiger partial charge in [-0.25, -0.2) is 0 Å². The largest absolute Gasteiger partial charge is 1.00 e. The Labute approximate surface area is 45.7 Å². The van der Waals surface area contributed by atoms with Crippen LogP contribution in [0.25, 0.3) is 0 Å². The van der Waals surface area contributed by atoms with Gasteiger partial charge in [-0.1, -0.05) is 6.92 Å². The van der Waals surface area contributed by atoms with E-state index in [0.717, 1.165) is 6.42 Å². The summed E-state index contributed by atoms with van der Waals surface area (Å²) >= 11 is 0. The molecule has 0 N–H and O–H groups in total. The first-order chi connectivity index (χ1) is 1.91. The van der Waals surface area contributed by atoms with E-state index >= 15 is 0 Å². The van der Waals surface area contributed by atoms with Gasteiger partial charge >= 0.3 is 19.5 Å². The Morgan fingerprint density at radius 1 is 1.80 bits per heavy atom. The molecule has 0 nitrogen and oxygen atoms in total. The van der Waals surface area contributed by atoms with Gasteiger partial charge in [0, 0.05) is 0 Å². The summed E-state index contributed by atoms with van der Waals surface area (Å²) in [5, 5.41) is 0. The monoisotopic (exact) mass is 155 g/mol. The van der Waals surface area contributed by atoms with Crippen LogP contribution >= 0.6 is 0 Å². The van der Waals surface area contributed by atoms with Crippen molar-refractivity contribution in [3.63, 3.8) is 0 Å². The van der Waals surface area contributed by atoms with Gasteiger partial charge in [0.15, 0.2) is 0 Å². The topological polar surface area (TPSA) is 0 Å². The van der Waals surface area contributed by atoms with Crippen LogP contribution in [0.4, 0.5) is 0 Å². The molecule has 0 spiro atoms. The second-order valence-corrected chi connectivity index (χ2v) is 0.530. The van der Waals surface area contributed by atoms with E-state index < -0.39 is 0 Å². The van der Waals surface area contributed by atoms with E-state index in [-0.39, 0.29) is 19.5 Å². The van der Waals surface area contributed by atoms with E-state index in [1.54, 1.807) is 0 Å². The Morgan fingerprint density at radius 3 is 2.00 bits per heavy atom.